The summed E-state index contributed by atoms with van der Waals surface area (Å²) in [7, 11) is 0. The number of halogens is 2. The van der Waals surface area contributed by atoms with Crippen LogP contribution in [0.3, 0.4) is 0 Å². The van der Waals surface area contributed by atoms with E-state index in [1.165, 1.54) is 6.07 Å². The van der Waals surface area contributed by atoms with E-state index in [1.807, 2.05) is 31.2 Å². The highest BCUT2D eigenvalue weighted by Gasteiger charge is 2.14. The summed E-state index contributed by atoms with van der Waals surface area (Å²) in [6.07, 6.45) is 0. The zero-order chi connectivity index (χ0) is 15.4. The van der Waals surface area contributed by atoms with Crippen LogP contribution in [-0.2, 0) is 11.3 Å². The van der Waals surface area contributed by atoms with Crippen LogP contribution in [0.2, 0.25) is 5.02 Å². The summed E-state index contributed by atoms with van der Waals surface area (Å²) in [4.78, 5) is 12.6. The molecule has 0 unspecified atom stereocenters. The molecule has 21 heavy (non-hydrogen) atoms. The molecule has 3 nitrogen and oxygen atoms in total. The Balaban J connectivity index is 2.30. The lowest BCUT2D eigenvalue weighted by Gasteiger charge is -2.23. The SMILES string of the molecule is Cc1ccc(N(CC(=O)O)Cc2cccc(Cl)c2F)cc1. The molecule has 5 heteroatoms. The average molecular weight is 308 g/mol. The van der Waals surface area contributed by atoms with E-state index in [2.05, 4.69) is 0 Å². The first-order chi connectivity index (χ1) is 9.97. The van der Waals surface area contributed by atoms with Crippen molar-refractivity contribution in [3.63, 3.8) is 0 Å². The monoisotopic (exact) mass is 307 g/mol. The number of hydrogen-bond donors (Lipinski definition) is 1. The Kier molecular flexibility index (Phi) is 4.81. The van der Waals surface area contributed by atoms with Crippen LogP contribution in [0.25, 0.3) is 0 Å². The van der Waals surface area contributed by atoms with Gasteiger partial charge < -0.3 is 10.0 Å². The summed E-state index contributed by atoms with van der Waals surface area (Å²) in [5.74, 6) is -1.49. The van der Waals surface area contributed by atoms with Crippen LogP contribution in [0.1, 0.15) is 11.1 Å². The predicted molar refractivity (Wildman–Crippen MR) is 81.3 cm³/mol. The number of carboxylic acids is 1. The van der Waals surface area contributed by atoms with E-state index in [1.54, 1.807) is 17.0 Å². The van der Waals surface area contributed by atoms with Gasteiger partial charge in [-0.3, -0.25) is 4.79 Å². The van der Waals surface area contributed by atoms with Crippen LogP contribution in [0, 0.1) is 12.7 Å². The molecule has 0 fully saturated rings. The molecule has 0 heterocycles. The maximum atomic E-state index is 14.0. The molecule has 0 amide bonds. The van der Waals surface area contributed by atoms with E-state index < -0.39 is 11.8 Å². The number of anilines is 1. The summed E-state index contributed by atoms with van der Waals surface area (Å²) >= 11 is 5.76. The Morgan fingerprint density at radius 2 is 1.90 bits per heavy atom. The molecule has 0 aromatic heterocycles. The van der Waals surface area contributed by atoms with E-state index >= 15 is 0 Å². The number of rotatable bonds is 5. The summed E-state index contributed by atoms with van der Waals surface area (Å²) in [5, 5.41) is 9.07. The molecule has 0 aliphatic heterocycles. The van der Waals surface area contributed by atoms with Gasteiger partial charge >= 0.3 is 5.97 Å². The van der Waals surface area contributed by atoms with Crippen LogP contribution in [0.4, 0.5) is 10.1 Å². The van der Waals surface area contributed by atoms with Gasteiger partial charge in [-0.25, -0.2) is 4.39 Å². The minimum Gasteiger partial charge on any atom is -0.480 e. The third kappa shape index (κ3) is 3.95. The van der Waals surface area contributed by atoms with Crippen LogP contribution in [0.5, 0.6) is 0 Å². The molecule has 0 aliphatic rings. The third-order valence-corrected chi connectivity index (χ3v) is 3.41. The molecule has 2 aromatic carbocycles. The van der Waals surface area contributed by atoms with Crippen molar-refractivity contribution in [2.24, 2.45) is 0 Å². The molecular weight excluding hydrogens is 293 g/mol. The van der Waals surface area contributed by atoms with Gasteiger partial charge in [-0.15, -0.1) is 0 Å². The Hall–Kier alpha value is -2.07. The molecule has 2 aromatic rings. The van der Waals surface area contributed by atoms with Gasteiger partial charge in [0.25, 0.3) is 0 Å². The molecule has 0 aliphatic carbocycles. The fraction of sp³-hybridized carbons (Fsp3) is 0.188. The van der Waals surface area contributed by atoms with Gasteiger partial charge in [0.05, 0.1) is 5.02 Å². The van der Waals surface area contributed by atoms with Crippen molar-refractivity contribution < 1.29 is 14.3 Å². The van der Waals surface area contributed by atoms with E-state index in [0.29, 0.717) is 5.56 Å². The zero-order valence-corrected chi connectivity index (χ0v) is 12.3. The second-order valence-corrected chi connectivity index (χ2v) is 5.21. The first-order valence-corrected chi connectivity index (χ1v) is 6.81. The standard InChI is InChI=1S/C16H15ClFNO2/c1-11-5-7-13(8-6-11)19(10-15(20)21)9-12-3-2-4-14(17)16(12)18/h2-8H,9-10H2,1H3,(H,20,21). The zero-order valence-electron chi connectivity index (χ0n) is 11.5. The van der Waals surface area contributed by atoms with E-state index in [0.717, 1.165) is 11.3 Å². The lowest BCUT2D eigenvalue weighted by molar-refractivity contribution is -0.135. The quantitative estimate of drug-likeness (QED) is 0.911. The topological polar surface area (TPSA) is 40.5 Å². The number of benzene rings is 2. The lowest BCUT2D eigenvalue weighted by atomic mass is 10.1. The first kappa shape index (κ1) is 15.3. The number of aryl methyl sites for hydroxylation is 1. The van der Waals surface area contributed by atoms with E-state index in [-0.39, 0.29) is 18.1 Å². The van der Waals surface area contributed by atoms with Gasteiger partial charge in [-0.05, 0) is 25.1 Å². The third-order valence-electron chi connectivity index (χ3n) is 3.12. The highest BCUT2D eigenvalue weighted by atomic mass is 35.5. The molecular formula is C16H15ClFNO2. The first-order valence-electron chi connectivity index (χ1n) is 6.43. The molecule has 0 spiro atoms. The number of carbonyl (C=O) groups is 1. The molecule has 0 atom stereocenters. The fourth-order valence-electron chi connectivity index (χ4n) is 2.03. The Morgan fingerprint density at radius 1 is 1.24 bits per heavy atom. The van der Waals surface area contributed by atoms with Crippen molar-refractivity contribution in [1.82, 2.24) is 0 Å². The second kappa shape index (κ2) is 6.59. The Labute approximate surface area is 127 Å². The van der Waals surface area contributed by atoms with Crippen molar-refractivity contribution in [2.75, 3.05) is 11.4 Å². The number of hydrogen-bond acceptors (Lipinski definition) is 2. The van der Waals surface area contributed by atoms with E-state index in [9.17, 15) is 9.18 Å². The number of nitrogens with zero attached hydrogens (tertiary/aromatic N) is 1. The molecule has 2 rings (SSSR count). The van der Waals surface area contributed by atoms with Crippen LogP contribution in [-0.4, -0.2) is 17.6 Å². The van der Waals surface area contributed by atoms with Crippen LogP contribution >= 0.6 is 11.6 Å². The highest BCUT2D eigenvalue weighted by Crippen LogP contribution is 2.22. The van der Waals surface area contributed by atoms with Crippen molar-refractivity contribution in [3.05, 3.63) is 64.4 Å². The molecule has 1 N–H and O–H groups in total. The Morgan fingerprint density at radius 3 is 2.52 bits per heavy atom. The smallest absolute Gasteiger partial charge is 0.323 e. The molecule has 110 valence electrons. The van der Waals surface area contributed by atoms with Gasteiger partial charge in [0.15, 0.2) is 0 Å². The number of carboxylic acid groups (broad SMARTS) is 1. The van der Waals surface area contributed by atoms with Crippen molar-refractivity contribution in [3.8, 4) is 0 Å². The maximum Gasteiger partial charge on any atom is 0.323 e. The fourth-order valence-corrected chi connectivity index (χ4v) is 2.23. The molecule has 0 saturated heterocycles. The molecule has 0 bridgehead atoms. The minimum atomic E-state index is -0.974. The van der Waals surface area contributed by atoms with Crippen molar-refractivity contribution in [1.29, 1.82) is 0 Å². The van der Waals surface area contributed by atoms with Crippen LogP contribution in [0.15, 0.2) is 42.5 Å². The van der Waals surface area contributed by atoms with Crippen LogP contribution < -0.4 is 4.90 Å². The summed E-state index contributed by atoms with van der Waals surface area (Å²) < 4.78 is 14.0. The average Bonchev–Trinajstić information content (AvgIpc) is 2.43. The van der Waals surface area contributed by atoms with Crippen molar-refractivity contribution in [2.45, 2.75) is 13.5 Å². The van der Waals surface area contributed by atoms with Gasteiger partial charge in [-0.2, -0.15) is 0 Å². The summed E-state index contributed by atoms with van der Waals surface area (Å²) in [6.45, 7) is 1.87. The second-order valence-electron chi connectivity index (χ2n) is 4.80. The maximum absolute atomic E-state index is 14.0. The minimum absolute atomic E-state index is 0.0340. The van der Waals surface area contributed by atoms with Gasteiger partial charge in [0.2, 0.25) is 0 Å². The van der Waals surface area contributed by atoms with E-state index in [4.69, 9.17) is 16.7 Å². The van der Waals surface area contributed by atoms with Crippen molar-refractivity contribution >= 4 is 23.3 Å². The largest absolute Gasteiger partial charge is 0.480 e. The molecule has 0 saturated carbocycles. The van der Waals surface area contributed by atoms with Gasteiger partial charge in [0, 0.05) is 17.8 Å². The summed E-state index contributed by atoms with van der Waals surface area (Å²) in [5.41, 5.74) is 2.16. The normalized spacial score (nSPS) is 10.4. The van der Waals surface area contributed by atoms with Gasteiger partial charge in [-0.1, -0.05) is 41.4 Å². The summed E-state index contributed by atoms with van der Waals surface area (Å²) in [6, 6.07) is 12.1. The number of aliphatic carboxylic acids is 1. The molecule has 0 radical (unpaired) electrons. The predicted octanol–water partition coefficient (Wildman–Crippen LogP) is 3.88. The van der Waals surface area contributed by atoms with Gasteiger partial charge in [0.1, 0.15) is 12.4 Å². The Bertz CT molecular complexity index is 643. The highest BCUT2D eigenvalue weighted by molar-refractivity contribution is 6.30. The lowest BCUT2D eigenvalue weighted by Crippen LogP contribution is -2.29.